The minimum Gasteiger partial charge on any atom is -0.279 e. The number of hydrogen-bond donors (Lipinski definition) is 0. The molecule has 0 atom stereocenters. The van der Waals surface area contributed by atoms with Gasteiger partial charge in [-0.05, 0) is 53.2 Å². The van der Waals surface area contributed by atoms with E-state index < -0.39 is 0 Å². The molecule has 0 aliphatic rings. The Morgan fingerprint density at radius 1 is 0.346 bits per heavy atom. The fourth-order valence-electron chi connectivity index (χ4n) is 7.48. The van der Waals surface area contributed by atoms with E-state index >= 15 is 0 Å². The van der Waals surface area contributed by atoms with Crippen LogP contribution in [0.3, 0.4) is 0 Å². The topological polar surface area (TPSA) is 73.8 Å². The first-order chi connectivity index (χ1) is 25.8. The van der Waals surface area contributed by atoms with Gasteiger partial charge in [0.15, 0.2) is 17.5 Å². The van der Waals surface area contributed by atoms with Crippen molar-refractivity contribution < 1.29 is 0 Å². The van der Waals surface area contributed by atoms with Gasteiger partial charge >= 0.3 is 0 Å². The van der Waals surface area contributed by atoms with Gasteiger partial charge in [-0.25, -0.2) is 24.9 Å². The van der Waals surface area contributed by atoms with Gasteiger partial charge < -0.3 is 0 Å². The van der Waals surface area contributed by atoms with E-state index in [1.807, 2.05) is 48.5 Å². The van der Waals surface area contributed by atoms with Crippen LogP contribution in [0.5, 0.6) is 0 Å². The summed E-state index contributed by atoms with van der Waals surface area (Å²) in [6.45, 7) is 0. The van der Waals surface area contributed by atoms with Crippen molar-refractivity contribution in [2.45, 2.75) is 0 Å². The smallest absolute Gasteiger partial charge is 0.221 e. The van der Waals surface area contributed by atoms with E-state index in [0.717, 1.165) is 77.4 Å². The van der Waals surface area contributed by atoms with E-state index in [0.29, 0.717) is 17.5 Å². The maximum Gasteiger partial charge on any atom is 0.221 e. The zero-order chi connectivity index (χ0) is 34.2. The third-order valence-corrected chi connectivity index (χ3v) is 9.93. The van der Waals surface area contributed by atoms with Gasteiger partial charge in [0.2, 0.25) is 5.95 Å². The predicted molar refractivity (Wildman–Crippen MR) is 210 cm³/mol. The van der Waals surface area contributed by atoms with E-state index in [1.165, 1.54) is 5.39 Å². The second-order valence-electron chi connectivity index (χ2n) is 13.0. The second-order valence-corrected chi connectivity index (χ2v) is 13.0. The lowest BCUT2D eigenvalue weighted by Crippen LogP contribution is -2.06. The van der Waals surface area contributed by atoms with E-state index in [9.17, 15) is 0 Å². The van der Waals surface area contributed by atoms with Crippen LogP contribution >= 0.6 is 0 Å². The molecule has 0 aliphatic heterocycles. The fourth-order valence-corrected chi connectivity index (χ4v) is 7.48. The Bertz CT molecular complexity index is 3200. The number of fused-ring (bicyclic) bond motifs is 9. The Morgan fingerprint density at radius 2 is 0.942 bits per heavy atom. The van der Waals surface area contributed by atoms with Crippen LogP contribution in [0.1, 0.15) is 0 Å². The molecule has 7 aromatic carbocycles. The Hall–Kier alpha value is -7.25. The van der Waals surface area contributed by atoms with Gasteiger partial charge in [-0.2, -0.15) is 0 Å². The summed E-state index contributed by atoms with van der Waals surface area (Å²) in [5.41, 5.74) is 8.46. The summed E-state index contributed by atoms with van der Waals surface area (Å²) in [7, 11) is 0. The summed E-state index contributed by atoms with van der Waals surface area (Å²) >= 11 is 0. The highest BCUT2D eigenvalue weighted by Crippen LogP contribution is 2.36. The Balaban J connectivity index is 1.20. The van der Waals surface area contributed by atoms with Gasteiger partial charge in [0.05, 0.1) is 27.6 Å². The molecule has 0 radical (unpaired) electrons. The molecule has 7 heteroatoms. The molecular weight excluding hydrogens is 639 g/mol. The highest BCUT2D eigenvalue weighted by molar-refractivity contribution is 6.10. The molecule has 0 aliphatic carbocycles. The van der Waals surface area contributed by atoms with Crippen LogP contribution in [0.2, 0.25) is 0 Å². The zero-order valence-corrected chi connectivity index (χ0v) is 27.7. The van der Waals surface area contributed by atoms with Crippen molar-refractivity contribution in [3.8, 4) is 40.1 Å². The van der Waals surface area contributed by atoms with Crippen molar-refractivity contribution in [3.63, 3.8) is 0 Å². The van der Waals surface area contributed by atoms with Crippen LogP contribution in [0.25, 0.3) is 100 Å². The molecule has 11 aromatic rings. The average molecular weight is 666 g/mol. The first-order valence-corrected chi connectivity index (χ1v) is 17.3. The van der Waals surface area contributed by atoms with Crippen LogP contribution in [0.4, 0.5) is 0 Å². The lowest BCUT2D eigenvalue weighted by Gasteiger charge is -2.13. The third-order valence-electron chi connectivity index (χ3n) is 9.93. The molecule has 52 heavy (non-hydrogen) atoms. The molecule has 242 valence electrons. The maximum atomic E-state index is 5.35. The molecule has 4 aromatic heterocycles. The quantitative estimate of drug-likeness (QED) is 0.187. The summed E-state index contributed by atoms with van der Waals surface area (Å²) in [5.74, 6) is 2.61. The molecule has 7 nitrogen and oxygen atoms in total. The van der Waals surface area contributed by atoms with Crippen molar-refractivity contribution in [2.24, 2.45) is 0 Å². The Kier molecular flexibility index (Phi) is 6.12. The van der Waals surface area contributed by atoms with Gasteiger partial charge in [-0.1, -0.05) is 121 Å². The molecule has 0 bridgehead atoms. The van der Waals surface area contributed by atoms with Crippen molar-refractivity contribution in [2.75, 3.05) is 0 Å². The van der Waals surface area contributed by atoms with Crippen LogP contribution in [-0.4, -0.2) is 33.9 Å². The molecule has 0 unspecified atom stereocenters. The van der Waals surface area contributed by atoms with Crippen molar-refractivity contribution in [1.82, 2.24) is 33.9 Å². The number of benzene rings is 7. The number of nitrogens with zero attached hydrogens (tertiary/aromatic N) is 7. The molecule has 0 fully saturated rings. The molecular formula is C45H27N7. The Labute approximate surface area is 297 Å². The maximum absolute atomic E-state index is 5.35. The molecule has 0 saturated heterocycles. The zero-order valence-electron chi connectivity index (χ0n) is 27.7. The van der Waals surface area contributed by atoms with Crippen LogP contribution < -0.4 is 0 Å². The fraction of sp³-hybridized carbons (Fsp3) is 0. The summed E-state index contributed by atoms with van der Waals surface area (Å²) in [5, 5.41) is 5.55. The van der Waals surface area contributed by atoms with E-state index in [-0.39, 0.29) is 0 Å². The minimum atomic E-state index is 0.598. The molecule has 4 heterocycles. The van der Waals surface area contributed by atoms with Gasteiger partial charge in [-0.15, -0.1) is 0 Å². The first-order valence-electron chi connectivity index (χ1n) is 17.3. The molecule has 11 rings (SSSR count). The largest absolute Gasteiger partial charge is 0.279 e. The average Bonchev–Trinajstić information content (AvgIpc) is 3.77. The molecule has 0 saturated carbocycles. The number of rotatable bonds is 4. The molecule has 0 N–H and O–H groups in total. The van der Waals surface area contributed by atoms with E-state index in [1.54, 1.807) is 0 Å². The van der Waals surface area contributed by atoms with Crippen LogP contribution in [0.15, 0.2) is 164 Å². The van der Waals surface area contributed by atoms with Crippen molar-refractivity contribution in [3.05, 3.63) is 164 Å². The van der Waals surface area contributed by atoms with Gasteiger partial charge in [0.1, 0.15) is 5.65 Å². The molecule has 0 amide bonds. The highest BCUT2D eigenvalue weighted by Gasteiger charge is 2.21. The Morgan fingerprint density at radius 3 is 1.77 bits per heavy atom. The monoisotopic (exact) mass is 665 g/mol. The van der Waals surface area contributed by atoms with Crippen LogP contribution in [0, 0.1) is 0 Å². The van der Waals surface area contributed by atoms with Gasteiger partial charge in [-0.3, -0.25) is 8.97 Å². The van der Waals surface area contributed by atoms with Gasteiger partial charge in [0.25, 0.3) is 0 Å². The predicted octanol–water partition coefficient (Wildman–Crippen LogP) is 10.5. The van der Waals surface area contributed by atoms with Gasteiger partial charge in [0, 0.05) is 32.8 Å². The standard InChI is InChI=1S/C45H27N7/c1-2-13-29(14-3-1)41-48-42(31-23-22-28-12-4-5-15-30(28)26-31)50-43(49-41)32-24-25-34-33-16-7-10-20-38(33)51(40(34)27-32)45-47-36-18-8-6-17-35(36)44-46-37-19-9-11-21-39(37)52(44)45/h1-27H. The highest BCUT2D eigenvalue weighted by atomic mass is 15.2. The SMILES string of the molecule is c1ccc(-c2nc(-c3ccc4ccccc4c3)nc(-c3ccc4c5ccccc5n(-c5nc6ccccc6c6nc7ccccc7n56)c4c3)n2)cc1. The van der Waals surface area contributed by atoms with E-state index in [4.69, 9.17) is 24.9 Å². The normalized spacial score (nSPS) is 11.8. The number of aromatic nitrogens is 7. The van der Waals surface area contributed by atoms with E-state index in [2.05, 4.69) is 124 Å². The number of imidazole rings is 1. The molecule has 0 spiro atoms. The van der Waals surface area contributed by atoms with Crippen molar-refractivity contribution >= 4 is 60.2 Å². The lowest BCUT2D eigenvalue weighted by molar-refractivity contribution is 0.979. The second kappa shape index (κ2) is 11.1. The number of hydrogen-bond acceptors (Lipinski definition) is 5. The summed E-state index contributed by atoms with van der Waals surface area (Å²) in [6.07, 6.45) is 0. The first kappa shape index (κ1) is 28.6. The summed E-state index contributed by atoms with van der Waals surface area (Å²) in [6, 6.07) is 56.3. The summed E-state index contributed by atoms with van der Waals surface area (Å²) in [4.78, 5) is 25.7. The lowest BCUT2D eigenvalue weighted by atomic mass is 10.1. The third kappa shape index (κ3) is 4.36. The minimum absolute atomic E-state index is 0.598. The van der Waals surface area contributed by atoms with Crippen molar-refractivity contribution in [1.29, 1.82) is 0 Å². The number of para-hydroxylation sites is 4. The summed E-state index contributed by atoms with van der Waals surface area (Å²) < 4.78 is 4.44. The van der Waals surface area contributed by atoms with Crippen LogP contribution in [-0.2, 0) is 0 Å².